The fourth-order valence-corrected chi connectivity index (χ4v) is 3.34. The predicted molar refractivity (Wildman–Crippen MR) is 48.7 cm³/mol. The van der Waals surface area contributed by atoms with Crippen LogP contribution in [0.15, 0.2) is 0 Å². The summed E-state index contributed by atoms with van der Waals surface area (Å²) in [7, 11) is 0. The Morgan fingerprint density at radius 2 is 2.08 bits per heavy atom. The summed E-state index contributed by atoms with van der Waals surface area (Å²) in [6, 6.07) is 0.0787. The highest BCUT2D eigenvalue weighted by molar-refractivity contribution is 6.59. The first-order valence-corrected chi connectivity index (χ1v) is 5.05. The van der Waals surface area contributed by atoms with E-state index in [4.69, 9.17) is 34.8 Å². The maximum atomic E-state index is 11.2. The predicted octanol–water partition coefficient (Wildman–Crippen LogP) is 1.68. The lowest BCUT2D eigenvalue weighted by molar-refractivity contribution is -0.120. The van der Waals surface area contributed by atoms with Gasteiger partial charge in [0.1, 0.15) is 0 Å². The van der Waals surface area contributed by atoms with Gasteiger partial charge in [-0.2, -0.15) is 0 Å². The van der Waals surface area contributed by atoms with E-state index >= 15 is 0 Å². The van der Waals surface area contributed by atoms with E-state index in [9.17, 15) is 4.79 Å². The molecule has 0 aromatic rings. The molecule has 68 valence electrons. The van der Waals surface area contributed by atoms with E-state index in [-0.39, 0.29) is 23.2 Å². The van der Waals surface area contributed by atoms with Crippen LogP contribution in [0.4, 0.5) is 0 Å². The van der Waals surface area contributed by atoms with Crippen molar-refractivity contribution in [2.45, 2.75) is 28.6 Å². The summed E-state index contributed by atoms with van der Waals surface area (Å²) < 4.78 is -1.31. The van der Waals surface area contributed by atoms with Gasteiger partial charge in [-0.25, -0.2) is 0 Å². The van der Waals surface area contributed by atoms with Crippen molar-refractivity contribution < 1.29 is 4.79 Å². The van der Waals surface area contributed by atoms with Crippen molar-refractivity contribution >= 4 is 40.7 Å². The van der Waals surface area contributed by atoms with Gasteiger partial charge in [0.2, 0.25) is 4.33 Å². The average Bonchev–Trinajstić information content (AvgIpc) is 2.40. The van der Waals surface area contributed by atoms with E-state index in [2.05, 4.69) is 5.32 Å². The monoisotopic (exact) mass is 227 g/mol. The van der Waals surface area contributed by atoms with Gasteiger partial charge in [-0.15, -0.1) is 11.6 Å². The van der Waals surface area contributed by atoms with Crippen molar-refractivity contribution in [2.75, 3.05) is 0 Å². The Balaban J connectivity index is 2.30. The molecule has 3 atom stereocenters. The largest absolute Gasteiger partial charge is 0.350 e. The number of hydrogen-bond donors (Lipinski definition) is 1. The van der Waals surface area contributed by atoms with E-state index in [1.165, 1.54) is 0 Å². The molecule has 2 nitrogen and oxygen atoms in total. The van der Waals surface area contributed by atoms with Crippen LogP contribution in [0.5, 0.6) is 0 Å². The van der Waals surface area contributed by atoms with E-state index < -0.39 is 4.33 Å². The summed E-state index contributed by atoms with van der Waals surface area (Å²) in [5.41, 5.74) is 0. The summed E-state index contributed by atoms with van der Waals surface area (Å²) in [4.78, 5) is 11.2. The summed E-state index contributed by atoms with van der Waals surface area (Å²) in [6.07, 6.45) is 1.75. The third kappa shape index (κ3) is 1.05. The van der Waals surface area contributed by atoms with E-state index in [0.29, 0.717) is 0 Å². The summed E-state index contributed by atoms with van der Waals surface area (Å²) in [6.45, 7) is 0. The number of carbonyl (C=O) groups is 1. The SMILES string of the molecule is O=C1N[C@H]2CC[C@H](Cl)[C@H]2C1(Cl)Cl. The molecule has 1 saturated carbocycles. The van der Waals surface area contributed by atoms with Gasteiger partial charge in [0, 0.05) is 17.3 Å². The first kappa shape index (κ1) is 8.92. The van der Waals surface area contributed by atoms with Crippen LogP contribution in [0.3, 0.4) is 0 Å². The zero-order valence-electron chi connectivity index (χ0n) is 6.19. The topological polar surface area (TPSA) is 29.1 Å². The second-order valence-electron chi connectivity index (χ2n) is 3.32. The van der Waals surface area contributed by atoms with Gasteiger partial charge in [0.25, 0.3) is 5.91 Å². The fraction of sp³-hybridized carbons (Fsp3) is 0.857. The Hall–Kier alpha value is 0.340. The second-order valence-corrected chi connectivity index (χ2v) is 5.27. The molecule has 2 rings (SSSR count). The standard InChI is InChI=1S/C7H8Cl3NO/c8-3-1-2-4-5(3)7(9,10)6(12)11-4/h3-5H,1-2H2,(H,11,12)/t3-,4-,5+/m0/s1. The lowest BCUT2D eigenvalue weighted by Gasteiger charge is -2.20. The third-order valence-electron chi connectivity index (χ3n) is 2.61. The number of hydrogen-bond acceptors (Lipinski definition) is 1. The molecule has 0 spiro atoms. The van der Waals surface area contributed by atoms with Crippen LogP contribution >= 0.6 is 34.8 Å². The van der Waals surface area contributed by atoms with E-state index in [1.54, 1.807) is 0 Å². The molecule has 2 fully saturated rings. The zero-order chi connectivity index (χ0) is 8.93. The Kier molecular flexibility index (Phi) is 1.98. The Morgan fingerprint density at radius 3 is 2.67 bits per heavy atom. The molecule has 0 radical (unpaired) electrons. The van der Waals surface area contributed by atoms with Crippen LogP contribution in [-0.4, -0.2) is 21.7 Å². The summed E-state index contributed by atoms with van der Waals surface area (Å²) in [5, 5.41) is 2.67. The van der Waals surface area contributed by atoms with Crippen molar-refractivity contribution in [3.05, 3.63) is 0 Å². The fourth-order valence-electron chi connectivity index (χ4n) is 2.01. The highest BCUT2D eigenvalue weighted by atomic mass is 35.5. The van der Waals surface area contributed by atoms with Gasteiger partial charge < -0.3 is 5.32 Å². The van der Waals surface area contributed by atoms with Crippen molar-refractivity contribution in [1.29, 1.82) is 0 Å². The molecule has 0 aromatic carbocycles. The molecule has 1 saturated heterocycles. The van der Waals surface area contributed by atoms with Gasteiger partial charge in [-0.1, -0.05) is 23.2 Å². The van der Waals surface area contributed by atoms with Crippen molar-refractivity contribution in [1.82, 2.24) is 5.32 Å². The molecule has 2 aliphatic rings. The number of amides is 1. The van der Waals surface area contributed by atoms with Gasteiger partial charge >= 0.3 is 0 Å². The molecule has 1 aliphatic heterocycles. The number of rotatable bonds is 0. The first-order valence-electron chi connectivity index (χ1n) is 3.86. The number of carbonyl (C=O) groups excluding carboxylic acids is 1. The second kappa shape index (κ2) is 2.66. The molecule has 1 aliphatic carbocycles. The van der Waals surface area contributed by atoms with Crippen molar-refractivity contribution in [3.63, 3.8) is 0 Å². The molecular formula is C7H8Cl3NO. The third-order valence-corrected chi connectivity index (χ3v) is 3.95. The number of halogens is 3. The molecule has 12 heavy (non-hydrogen) atoms. The minimum atomic E-state index is -1.31. The van der Waals surface area contributed by atoms with Crippen LogP contribution in [0.1, 0.15) is 12.8 Å². The summed E-state index contributed by atoms with van der Waals surface area (Å²) >= 11 is 17.8. The van der Waals surface area contributed by atoms with Crippen LogP contribution < -0.4 is 5.32 Å². The number of nitrogens with one attached hydrogen (secondary N) is 1. The number of fused-ring (bicyclic) bond motifs is 1. The van der Waals surface area contributed by atoms with E-state index in [1.807, 2.05) is 0 Å². The molecule has 1 amide bonds. The highest BCUT2D eigenvalue weighted by Crippen LogP contribution is 2.48. The normalized spacial score (nSPS) is 44.2. The zero-order valence-corrected chi connectivity index (χ0v) is 8.46. The average molecular weight is 229 g/mol. The molecule has 0 aromatic heterocycles. The summed E-state index contributed by atoms with van der Waals surface area (Å²) in [5.74, 6) is -0.429. The van der Waals surface area contributed by atoms with Crippen LogP contribution in [0.2, 0.25) is 0 Å². The smallest absolute Gasteiger partial charge is 0.257 e. The number of alkyl halides is 3. The molecule has 0 bridgehead atoms. The van der Waals surface area contributed by atoms with Crippen LogP contribution in [-0.2, 0) is 4.79 Å². The van der Waals surface area contributed by atoms with Gasteiger partial charge in [-0.05, 0) is 12.8 Å². The Morgan fingerprint density at radius 1 is 1.42 bits per heavy atom. The van der Waals surface area contributed by atoms with Crippen molar-refractivity contribution in [3.8, 4) is 0 Å². The van der Waals surface area contributed by atoms with Crippen LogP contribution in [0.25, 0.3) is 0 Å². The lowest BCUT2D eigenvalue weighted by Crippen LogP contribution is -2.33. The van der Waals surface area contributed by atoms with Crippen LogP contribution in [0, 0.1) is 5.92 Å². The Bertz CT molecular complexity index is 231. The molecule has 1 N–H and O–H groups in total. The van der Waals surface area contributed by atoms with E-state index in [0.717, 1.165) is 12.8 Å². The molecule has 5 heteroatoms. The van der Waals surface area contributed by atoms with Gasteiger partial charge in [0.05, 0.1) is 0 Å². The minimum absolute atomic E-state index is 0.0787. The van der Waals surface area contributed by atoms with Crippen molar-refractivity contribution in [2.24, 2.45) is 5.92 Å². The lowest BCUT2D eigenvalue weighted by atomic mass is 10.0. The first-order chi connectivity index (χ1) is 5.53. The Labute approximate surface area is 85.5 Å². The molecular weight excluding hydrogens is 220 g/mol. The maximum Gasteiger partial charge on any atom is 0.257 e. The van der Waals surface area contributed by atoms with Gasteiger partial charge in [-0.3, -0.25) is 4.79 Å². The van der Waals surface area contributed by atoms with Gasteiger partial charge in [0.15, 0.2) is 0 Å². The quantitative estimate of drug-likeness (QED) is 0.628. The maximum absolute atomic E-state index is 11.2. The molecule has 0 unspecified atom stereocenters. The highest BCUT2D eigenvalue weighted by Gasteiger charge is 2.58. The minimum Gasteiger partial charge on any atom is -0.350 e. The molecule has 1 heterocycles.